The first-order chi connectivity index (χ1) is 13.3. The fraction of sp³-hybridized carbons (Fsp3) is 0.474. The Hall–Kier alpha value is -1.90. The molecule has 0 unspecified atom stereocenters. The van der Waals surface area contributed by atoms with Crippen LogP contribution in [0.25, 0.3) is 4.91 Å². The Labute approximate surface area is 170 Å². The van der Waals surface area contributed by atoms with E-state index in [2.05, 4.69) is 4.40 Å². The van der Waals surface area contributed by atoms with Crippen LogP contribution in [-0.2, 0) is 19.6 Å². The molecule has 0 saturated carbocycles. The lowest BCUT2D eigenvalue weighted by atomic mass is 10.1. The van der Waals surface area contributed by atoms with Gasteiger partial charge in [-0.05, 0) is 31.0 Å². The first kappa shape index (κ1) is 20.8. The van der Waals surface area contributed by atoms with Crippen molar-refractivity contribution in [3.63, 3.8) is 0 Å². The minimum absolute atomic E-state index is 0.0544. The fourth-order valence-corrected chi connectivity index (χ4v) is 5.12. The molecule has 0 aliphatic carbocycles. The van der Waals surface area contributed by atoms with E-state index < -0.39 is 10.0 Å². The molecule has 1 amide bonds. The van der Waals surface area contributed by atoms with Gasteiger partial charge in [-0.25, -0.2) is 0 Å². The molecule has 152 valence electrons. The molecule has 2 aliphatic rings. The molecule has 7 nitrogen and oxygen atoms in total. The summed E-state index contributed by atoms with van der Waals surface area (Å²) in [6, 6.07) is 6.71. The van der Waals surface area contributed by atoms with E-state index in [0.29, 0.717) is 61.2 Å². The highest BCUT2D eigenvalue weighted by atomic mass is 35.5. The second-order valence-corrected chi connectivity index (χ2v) is 8.79. The van der Waals surface area contributed by atoms with Crippen molar-refractivity contribution in [3.8, 4) is 0 Å². The molecule has 1 aromatic carbocycles. The van der Waals surface area contributed by atoms with Gasteiger partial charge in [-0.2, -0.15) is 8.42 Å². The number of methoxy groups -OCH3 is 1. The van der Waals surface area contributed by atoms with E-state index in [-0.39, 0.29) is 10.8 Å². The minimum atomic E-state index is -3.77. The number of sulfonamides is 1. The van der Waals surface area contributed by atoms with Crippen LogP contribution in [0.1, 0.15) is 25.3 Å². The van der Waals surface area contributed by atoms with Gasteiger partial charge in [0.05, 0.1) is 13.0 Å². The Balaban J connectivity index is 1.80. The van der Waals surface area contributed by atoms with E-state index in [1.165, 1.54) is 0 Å². The van der Waals surface area contributed by atoms with Gasteiger partial charge in [0.25, 0.3) is 10.0 Å². The quantitative estimate of drug-likeness (QED) is 0.740. The summed E-state index contributed by atoms with van der Waals surface area (Å²) in [6.45, 7) is 4.54. The lowest BCUT2D eigenvalue weighted by Gasteiger charge is -2.23. The smallest absolute Gasteiger partial charge is 0.285 e. The standard InChI is InChI=1S/C19H24ClN3O4S/c1-14-18(15-4-6-16(20)7-5-15)28(25,26)21-19(14)23-10-3-9-22(11-12-23)17(24)8-13-27-2/h4-7H,3,8-13H2,1-2H3. The average Bonchev–Trinajstić information content (AvgIpc) is 2.83. The maximum atomic E-state index is 12.7. The highest BCUT2D eigenvalue weighted by molar-refractivity contribution is 8.00. The van der Waals surface area contributed by atoms with Gasteiger partial charge in [0.1, 0.15) is 10.7 Å². The van der Waals surface area contributed by atoms with Crippen molar-refractivity contribution in [2.24, 2.45) is 4.40 Å². The van der Waals surface area contributed by atoms with E-state index in [4.69, 9.17) is 16.3 Å². The Morgan fingerprint density at radius 2 is 1.89 bits per heavy atom. The zero-order valence-electron chi connectivity index (χ0n) is 16.0. The van der Waals surface area contributed by atoms with Crippen LogP contribution in [0.4, 0.5) is 0 Å². The number of ether oxygens (including phenoxy) is 1. The number of hydrogen-bond donors (Lipinski definition) is 0. The van der Waals surface area contributed by atoms with E-state index >= 15 is 0 Å². The zero-order chi connectivity index (χ0) is 20.3. The fourth-order valence-electron chi connectivity index (χ4n) is 3.51. The summed E-state index contributed by atoms with van der Waals surface area (Å²) >= 11 is 5.92. The number of hydrogen-bond acceptors (Lipinski definition) is 5. The van der Waals surface area contributed by atoms with Crippen LogP contribution in [0.15, 0.2) is 34.2 Å². The van der Waals surface area contributed by atoms with Crippen LogP contribution < -0.4 is 0 Å². The molecule has 1 fully saturated rings. The first-order valence-corrected chi connectivity index (χ1v) is 11.0. The number of amidine groups is 1. The molecule has 3 rings (SSSR count). The number of carbonyl (C=O) groups is 1. The predicted molar refractivity (Wildman–Crippen MR) is 110 cm³/mol. The number of nitrogens with zero attached hydrogens (tertiary/aromatic N) is 3. The van der Waals surface area contributed by atoms with Crippen molar-refractivity contribution in [1.82, 2.24) is 9.80 Å². The van der Waals surface area contributed by atoms with Gasteiger partial charge in [-0.1, -0.05) is 23.7 Å². The van der Waals surface area contributed by atoms with Crippen molar-refractivity contribution in [1.29, 1.82) is 0 Å². The number of carbonyl (C=O) groups excluding carboxylic acids is 1. The van der Waals surface area contributed by atoms with Crippen LogP contribution in [0.3, 0.4) is 0 Å². The van der Waals surface area contributed by atoms with Gasteiger partial charge in [-0.3, -0.25) is 4.79 Å². The third-order valence-corrected chi connectivity index (χ3v) is 6.64. The van der Waals surface area contributed by atoms with Crippen LogP contribution in [0.5, 0.6) is 0 Å². The lowest BCUT2D eigenvalue weighted by Crippen LogP contribution is -2.37. The molecule has 28 heavy (non-hydrogen) atoms. The maximum absolute atomic E-state index is 12.7. The van der Waals surface area contributed by atoms with Crippen LogP contribution >= 0.6 is 11.6 Å². The molecule has 0 radical (unpaired) electrons. The summed E-state index contributed by atoms with van der Waals surface area (Å²) < 4.78 is 34.4. The molecule has 0 N–H and O–H groups in total. The molecule has 1 saturated heterocycles. The molecule has 0 atom stereocenters. The monoisotopic (exact) mass is 425 g/mol. The van der Waals surface area contributed by atoms with Crippen molar-refractivity contribution >= 4 is 38.3 Å². The SMILES string of the molecule is COCCC(=O)N1CCCN(C2=NS(=O)(=O)C(c3ccc(Cl)cc3)=C2C)CC1. The largest absolute Gasteiger partial charge is 0.384 e. The Kier molecular flexibility index (Phi) is 6.42. The summed E-state index contributed by atoms with van der Waals surface area (Å²) in [6.07, 6.45) is 1.10. The molecule has 0 bridgehead atoms. The second kappa shape index (κ2) is 8.63. The third-order valence-electron chi connectivity index (χ3n) is 4.92. The minimum Gasteiger partial charge on any atom is -0.384 e. The van der Waals surface area contributed by atoms with Crippen molar-refractivity contribution < 1.29 is 17.9 Å². The molecule has 1 aromatic rings. The molecular formula is C19H24ClN3O4S. The maximum Gasteiger partial charge on any atom is 0.285 e. The van der Waals surface area contributed by atoms with Crippen LogP contribution in [0, 0.1) is 0 Å². The molecule has 0 aromatic heterocycles. The molecule has 9 heteroatoms. The Morgan fingerprint density at radius 3 is 2.57 bits per heavy atom. The van der Waals surface area contributed by atoms with Gasteiger partial charge >= 0.3 is 0 Å². The first-order valence-electron chi connectivity index (χ1n) is 9.17. The van der Waals surface area contributed by atoms with Crippen molar-refractivity contribution in [2.75, 3.05) is 39.9 Å². The summed E-state index contributed by atoms with van der Waals surface area (Å²) in [7, 11) is -2.20. The highest BCUT2D eigenvalue weighted by Crippen LogP contribution is 2.34. The van der Waals surface area contributed by atoms with E-state index in [9.17, 15) is 13.2 Å². The molecule has 0 spiro atoms. The zero-order valence-corrected chi connectivity index (χ0v) is 17.6. The van der Waals surface area contributed by atoms with Gasteiger partial charge in [-0.15, -0.1) is 4.40 Å². The average molecular weight is 426 g/mol. The highest BCUT2D eigenvalue weighted by Gasteiger charge is 2.34. The summed E-state index contributed by atoms with van der Waals surface area (Å²) in [5.41, 5.74) is 1.20. The summed E-state index contributed by atoms with van der Waals surface area (Å²) in [5.74, 6) is 0.523. The summed E-state index contributed by atoms with van der Waals surface area (Å²) in [4.78, 5) is 16.2. The van der Waals surface area contributed by atoms with Crippen LogP contribution in [0.2, 0.25) is 5.02 Å². The normalized spacial score (nSPS) is 19.6. The summed E-state index contributed by atoms with van der Waals surface area (Å²) in [5, 5.41) is 0.546. The van der Waals surface area contributed by atoms with E-state index in [1.54, 1.807) is 38.3 Å². The number of rotatable bonds is 4. The third kappa shape index (κ3) is 4.39. The Bertz CT molecular complexity index is 910. The number of halogens is 1. The number of benzene rings is 1. The lowest BCUT2D eigenvalue weighted by molar-refractivity contribution is -0.131. The second-order valence-electron chi connectivity index (χ2n) is 6.82. The predicted octanol–water partition coefficient (Wildman–Crippen LogP) is 2.38. The number of amides is 1. The Morgan fingerprint density at radius 1 is 1.18 bits per heavy atom. The molecule has 2 heterocycles. The van der Waals surface area contributed by atoms with E-state index in [0.717, 1.165) is 6.42 Å². The van der Waals surface area contributed by atoms with Crippen molar-refractivity contribution in [2.45, 2.75) is 19.8 Å². The van der Waals surface area contributed by atoms with Gasteiger partial charge in [0, 0.05) is 43.9 Å². The molecular weight excluding hydrogens is 402 g/mol. The van der Waals surface area contributed by atoms with Crippen molar-refractivity contribution in [3.05, 3.63) is 40.4 Å². The van der Waals surface area contributed by atoms with Crippen LogP contribution in [-0.4, -0.2) is 69.9 Å². The van der Waals surface area contributed by atoms with Gasteiger partial charge < -0.3 is 14.5 Å². The topological polar surface area (TPSA) is 79.3 Å². The van der Waals surface area contributed by atoms with E-state index in [1.807, 2.05) is 9.80 Å². The van der Waals surface area contributed by atoms with Gasteiger partial charge in [0.15, 0.2) is 0 Å². The van der Waals surface area contributed by atoms with Gasteiger partial charge in [0.2, 0.25) is 5.91 Å². The molecule has 2 aliphatic heterocycles.